The van der Waals surface area contributed by atoms with E-state index in [-0.39, 0.29) is 11.4 Å². The normalized spacial score (nSPS) is 17.8. The number of para-hydroxylation sites is 1. The Morgan fingerprint density at radius 1 is 1.33 bits per heavy atom. The summed E-state index contributed by atoms with van der Waals surface area (Å²) in [6, 6.07) is 3.39. The first-order valence-electron chi connectivity index (χ1n) is 6.66. The van der Waals surface area contributed by atoms with Crippen molar-refractivity contribution in [2.24, 2.45) is 5.73 Å². The van der Waals surface area contributed by atoms with Gasteiger partial charge in [-0.3, -0.25) is 4.79 Å². The lowest BCUT2D eigenvalue weighted by Gasteiger charge is -2.23. The Hall–Kier alpha value is -1.27. The molecule has 1 amide bonds. The molecule has 0 aromatic heterocycles. The van der Waals surface area contributed by atoms with Crippen LogP contribution in [0.1, 0.15) is 37.7 Å². The number of benzene rings is 1. The maximum Gasteiger partial charge on any atom is 0.418 e. The van der Waals surface area contributed by atoms with Crippen molar-refractivity contribution in [3.05, 3.63) is 28.8 Å². The van der Waals surface area contributed by atoms with E-state index in [9.17, 15) is 18.0 Å². The van der Waals surface area contributed by atoms with E-state index in [2.05, 4.69) is 5.32 Å². The molecule has 0 spiro atoms. The van der Waals surface area contributed by atoms with E-state index in [1.54, 1.807) is 0 Å². The zero-order valence-electron chi connectivity index (χ0n) is 11.3. The van der Waals surface area contributed by atoms with Crippen molar-refractivity contribution < 1.29 is 18.0 Å². The van der Waals surface area contributed by atoms with Gasteiger partial charge in [0, 0.05) is 12.0 Å². The van der Waals surface area contributed by atoms with Gasteiger partial charge >= 0.3 is 6.18 Å². The van der Waals surface area contributed by atoms with Crippen LogP contribution in [0.4, 0.5) is 18.9 Å². The molecule has 1 aromatic rings. The molecule has 1 saturated carbocycles. The number of hydrogen-bond donors (Lipinski definition) is 2. The van der Waals surface area contributed by atoms with Crippen LogP contribution >= 0.6 is 11.6 Å². The van der Waals surface area contributed by atoms with E-state index in [0.29, 0.717) is 12.8 Å². The van der Waals surface area contributed by atoms with Crippen molar-refractivity contribution in [1.29, 1.82) is 0 Å². The smallest absolute Gasteiger partial charge is 0.325 e. The van der Waals surface area contributed by atoms with E-state index >= 15 is 0 Å². The van der Waals surface area contributed by atoms with Crippen molar-refractivity contribution >= 4 is 23.2 Å². The van der Waals surface area contributed by atoms with Gasteiger partial charge in [-0.15, -0.1) is 0 Å². The summed E-state index contributed by atoms with van der Waals surface area (Å²) in [7, 11) is 0. The second kappa shape index (κ2) is 5.85. The van der Waals surface area contributed by atoms with Crippen molar-refractivity contribution in [2.75, 3.05) is 5.32 Å². The topological polar surface area (TPSA) is 55.1 Å². The highest BCUT2D eigenvalue weighted by atomic mass is 35.5. The Balaban J connectivity index is 2.17. The van der Waals surface area contributed by atoms with E-state index < -0.39 is 28.9 Å². The third kappa shape index (κ3) is 3.89. The predicted octanol–water partition coefficient (Wildman–Crippen LogP) is 3.96. The predicted molar refractivity (Wildman–Crippen MR) is 75.1 cm³/mol. The quantitative estimate of drug-likeness (QED) is 0.885. The van der Waals surface area contributed by atoms with Gasteiger partial charge in [0.05, 0.1) is 16.3 Å². The van der Waals surface area contributed by atoms with Crippen LogP contribution in [0.2, 0.25) is 5.02 Å². The Kier molecular flexibility index (Phi) is 4.49. The number of halogens is 4. The van der Waals surface area contributed by atoms with E-state index in [1.807, 2.05) is 0 Å². The van der Waals surface area contributed by atoms with E-state index in [4.69, 9.17) is 17.3 Å². The number of anilines is 1. The summed E-state index contributed by atoms with van der Waals surface area (Å²) < 4.78 is 38.8. The molecule has 3 N–H and O–H groups in total. The molecule has 0 atom stereocenters. The van der Waals surface area contributed by atoms with Crippen molar-refractivity contribution in [1.82, 2.24) is 0 Å². The third-order valence-electron chi connectivity index (χ3n) is 3.70. The van der Waals surface area contributed by atoms with Gasteiger partial charge in [-0.25, -0.2) is 0 Å². The molecule has 1 aliphatic rings. The van der Waals surface area contributed by atoms with Crippen LogP contribution < -0.4 is 11.1 Å². The summed E-state index contributed by atoms with van der Waals surface area (Å²) in [6.07, 6.45) is -1.31. The second-order valence-corrected chi connectivity index (χ2v) is 5.86. The average molecular weight is 321 g/mol. The van der Waals surface area contributed by atoms with Crippen LogP contribution in [-0.4, -0.2) is 11.4 Å². The number of rotatable bonds is 3. The van der Waals surface area contributed by atoms with E-state index in [0.717, 1.165) is 18.9 Å². The molecule has 1 aromatic carbocycles. The first kappa shape index (κ1) is 16.1. The summed E-state index contributed by atoms with van der Waals surface area (Å²) in [5, 5.41) is 2.12. The summed E-state index contributed by atoms with van der Waals surface area (Å²) >= 11 is 5.78. The second-order valence-electron chi connectivity index (χ2n) is 5.45. The Bertz CT molecular complexity index is 540. The molecule has 21 heavy (non-hydrogen) atoms. The molecule has 0 unspecified atom stereocenters. The SMILES string of the molecule is NC1(CC(=O)Nc2c(Cl)cccc2C(F)(F)F)CCCC1. The highest BCUT2D eigenvalue weighted by Crippen LogP contribution is 2.39. The number of carbonyl (C=O) groups is 1. The zero-order valence-corrected chi connectivity index (χ0v) is 12.0. The lowest BCUT2D eigenvalue weighted by atomic mass is 9.94. The summed E-state index contributed by atoms with van der Waals surface area (Å²) in [5.74, 6) is -0.544. The number of alkyl halides is 3. The van der Waals surface area contributed by atoms with Crippen LogP contribution in [0.3, 0.4) is 0 Å². The minimum atomic E-state index is -4.58. The molecule has 3 nitrogen and oxygen atoms in total. The summed E-state index contributed by atoms with van der Waals surface area (Å²) in [4.78, 5) is 12.0. The molecule has 0 bridgehead atoms. The average Bonchev–Trinajstić information content (AvgIpc) is 2.76. The molecule has 1 fully saturated rings. The number of nitrogens with two attached hydrogens (primary N) is 1. The van der Waals surface area contributed by atoms with Crippen molar-refractivity contribution in [2.45, 2.75) is 43.8 Å². The molecular formula is C14H16ClF3N2O. The van der Waals surface area contributed by atoms with Crippen LogP contribution in [-0.2, 0) is 11.0 Å². The van der Waals surface area contributed by atoms with Crippen molar-refractivity contribution in [3.8, 4) is 0 Å². The highest BCUT2D eigenvalue weighted by molar-refractivity contribution is 6.34. The molecule has 0 saturated heterocycles. The van der Waals surface area contributed by atoms with Gasteiger partial charge < -0.3 is 11.1 Å². The van der Waals surface area contributed by atoms with Gasteiger partial charge in [0.25, 0.3) is 0 Å². The van der Waals surface area contributed by atoms with Gasteiger partial charge in [0.2, 0.25) is 5.91 Å². The molecule has 116 valence electrons. The van der Waals surface area contributed by atoms with Crippen LogP contribution in [0.5, 0.6) is 0 Å². The third-order valence-corrected chi connectivity index (χ3v) is 4.01. The fourth-order valence-corrected chi connectivity index (χ4v) is 2.87. The van der Waals surface area contributed by atoms with Gasteiger partial charge in [0.1, 0.15) is 0 Å². The minimum Gasteiger partial charge on any atom is -0.325 e. The van der Waals surface area contributed by atoms with Crippen molar-refractivity contribution in [3.63, 3.8) is 0 Å². The number of nitrogens with one attached hydrogen (secondary N) is 1. The number of amides is 1. The maximum absolute atomic E-state index is 12.9. The zero-order chi connectivity index (χ0) is 15.7. The van der Waals surface area contributed by atoms with Gasteiger partial charge in [-0.1, -0.05) is 30.5 Å². The molecule has 1 aliphatic carbocycles. The monoisotopic (exact) mass is 320 g/mol. The molecular weight excluding hydrogens is 305 g/mol. The van der Waals surface area contributed by atoms with Gasteiger partial charge in [-0.05, 0) is 25.0 Å². The maximum atomic E-state index is 12.9. The molecule has 0 aliphatic heterocycles. The fraction of sp³-hybridized carbons (Fsp3) is 0.500. The lowest BCUT2D eigenvalue weighted by molar-refractivity contribution is -0.137. The molecule has 0 heterocycles. The standard InChI is InChI=1S/C14H16ClF3N2O/c15-10-5-3-4-9(14(16,17)18)12(10)20-11(21)8-13(19)6-1-2-7-13/h3-5H,1-2,6-8,19H2,(H,20,21). The molecule has 2 rings (SSSR count). The molecule has 7 heteroatoms. The number of carbonyl (C=O) groups excluding carboxylic acids is 1. The van der Waals surface area contributed by atoms with Crippen LogP contribution in [0, 0.1) is 0 Å². The first-order valence-corrected chi connectivity index (χ1v) is 7.03. The summed E-state index contributed by atoms with van der Waals surface area (Å²) in [6.45, 7) is 0. The Morgan fingerprint density at radius 2 is 1.95 bits per heavy atom. The van der Waals surface area contributed by atoms with Gasteiger partial charge in [0.15, 0.2) is 0 Å². The Morgan fingerprint density at radius 3 is 2.52 bits per heavy atom. The lowest BCUT2D eigenvalue weighted by Crippen LogP contribution is -2.40. The van der Waals surface area contributed by atoms with Crippen LogP contribution in [0.15, 0.2) is 18.2 Å². The fourth-order valence-electron chi connectivity index (χ4n) is 2.65. The largest absolute Gasteiger partial charge is 0.418 e. The summed E-state index contributed by atoms with van der Waals surface area (Å²) in [5.41, 5.74) is 4.08. The Labute approximate surface area is 125 Å². The van der Waals surface area contributed by atoms with Crippen LogP contribution in [0.25, 0.3) is 0 Å². The highest BCUT2D eigenvalue weighted by Gasteiger charge is 2.36. The first-order chi connectivity index (χ1) is 9.71. The molecule has 0 radical (unpaired) electrons. The van der Waals surface area contributed by atoms with Gasteiger partial charge in [-0.2, -0.15) is 13.2 Å². The van der Waals surface area contributed by atoms with E-state index in [1.165, 1.54) is 12.1 Å². The number of hydrogen-bond acceptors (Lipinski definition) is 2. The minimum absolute atomic E-state index is 0.00444.